The lowest BCUT2D eigenvalue weighted by Crippen LogP contribution is -2.36. The largest absolute Gasteiger partial charge is 0.479 e. The molecular formula is C9H8Cl2N2O4. The minimum Gasteiger partial charge on any atom is -0.479 e. The first-order valence-corrected chi connectivity index (χ1v) is 5.17. The van der Waals surface area contributed by atoms with Crippen LogP contribution in [0.2, 0.25) is 10.2 Å². The van der Waals surface area contributed by atoms with Crippen LogP contribution >= 0.6 is 23.2 Å². The number of nitrogens with one attached hydrogen (secondary N) is 1. The van der Waals surface area contributed by atoms with Crippen LogP contribution < -0.4 is 5.32 Å². The summed E-state index contributed by atoms with van der Waals surface area (Å²) in [6, 6.07) is 1.24. The fourth-order valence-corrected chi connectivity index (χ4v) is 1.31. The Bertz CT molecular complexity index is 453. The number of hydrogen-bond acceptors (Lipinski definition) is 4. The number of aliphatic carboxylic acids is 1. The molecule has 0 spiro atoms. The first kappa shape index (κ1) is 13.7. The molecule has 0 aliphatic rings. The highest BCUT2D eigenvalue weighted by Gasteiger charge is 2.16. The third-order valence-corrected chi connectivity index (χ3v) is 2.32. The van der Waals surface area contributed by atoms with Crippen LogP contribution in [0.25, 0.3) is 0 Å². The zero-order valence-corrected chi connectivity index (χ0v) is 9.87. The van der Waals surface area contributed by atoms with E-state index in [0.717, 1.165) is 0 Å². The number of carboxylic acid groups (broad SMARTS) is 1. The molecule has 3 N–H and O–H groups in total. The van der Waals surface area contributed by atoms with Crippen LogP contribution in [0.4, 0.5) is 0 Å². The molecule has 0 fully saturated rings. The first-order chi connectivity index (χ1) is 7.91. The van der Waals surface area contributed by atoms with Crippen LogP contribution in [0.3, 0.4) is 0 Å². The fraction of sp³-hybridized carbons (Fsp3) is 0.222. The number of pyridine rings is 1. The molecule has 0 saturated heterocycles. The predicted molar refractivity (Wildman–Crippen MR) is 60.2 cm³/mol. The molecule has 1 heterocycles. The van der Waals surface area contributed by atoms with E-state index in [9.17, 15) is 9.59 Å². The number of amides is 1. The number of carbonyl (C=O) groups is 2. The van der Waals surface area contributed by atoms with E-state index < -0.39 is 24.5 Å². The van der Waals surface area contributed by atoms with E-state index in [4.69, 9.17) is 33.4 Å². The second-order valence-electron chi connectivity index (χ2n) is 3.05. The summed E-state index contributed by atoms with van der Waals surface area (Å²) in [5.41, 5.74) is 0.0595. The smallest absolute Gasteiger partial charge is 0.334 e. The number of aliphatic hydroxyl groups is 1. The van der Waals surface area contributed by atoms with Crippen molar-refractivity contribution in [2.45, 2.75) is 6.10 Å². The Hall–Kier alpha value is -1.37. The molecule has 1 aromatic rings. The molecule has 0 aliphatic carbocycles. The van der Waals surface area contributed by atoms with Gasteiger partial charge in [-0.15, -0.1) is 0 Å². The Morgan fingerprint density at radius 3 is 2.71 bits per heavy atom. The molecule has 92 valence electrons. The van der Waals surface area contributed by atoms with Crippen LogP contribution in [-0.2, 0) is 4.79 Å². The van der Waals surface area contributed by atoms with Gasteiger partial charge in [-0.25, -0.2) is 9.78 Å². The molecule has 1 atom stereocenters. The average molecular weight is 279 g/mol. The summed E-state index contributed by atoms with van der Waals surface area (Å²) in [7, 11) is 0. The summed E-state index contributed by atoms with van der Waals surface area (Å²) in [5.74, 6) is -2.07. The summed E-state index contributed by atoms with van der Waals surface area (Å²) in [5, 5.41) is 19.7. The topological polar surface area (TPSA) is 99.5 Å². The highest BCUT2D eigenvalue weighted by Crippen LogP contribution is 2.17. The van der Waals surface area contributed by atoms with Gasteiger partial charge in [0.15, 0.2) is 6.10 Å². The zero-order chi connectivity index (χ0) is 13.0. The van der Waals surface area contributed by atoms with E-state index in [2.05, 4.69) is 10.3 Å². The Kier molecular flexibility index (Phi) is 4.68. The molecule has 6 nitrogen and oxygen atoms in total. The van der Waals surface area contributed by atoms with Crippen LogP contribution in [-0.4, -0.2) is 39.7 Å². The summed E-state index contributed by atoms with van der Waals surface area (Å²) in [6.45, 7) is -0.426. The average Bonchev–Trinajstić information content (AvgIpc) is 2.28. The summed E-state index contributed by atoms with van der Waals surface area (Å²) in [6.07, 6.45) is -0.470. The standard InChI is InChI=1S/C9H8Cl2N2O4/c10-5-2-12-7(11)1-4(5)8(15)13-3-6(14)9(16)17/h1-2,6,14H,3H2,(H,13,15)(H,16,17). The van der Waals surface area contributed by atoms with E-state index >= 15 is 0 Å². The number of rotatable bonds is 4. The van der Waals surface area contributed by atoms with Crippen molar-refractivity contribution in [3.05, 3.63) is 28.0 Å². The van der Waals surface area contributed by atoms with Gasteiger partial charge in [-0.2, -0.15) is 0 Å². The van der Waals surface area contributed by atoms with Crippen molar-refractivity contribution < 1.29 is 19.8 Å². The van der Waals surface area contributed by atoms with Crippen LogP contribution in [0.15, 0.2) is 12.3 Å². The third kappa shape index (κ3) is 3.85. The first-order valence-electron chi connectivity index (χ1n) is 4.42. The molecule has 17 heavy (non-hydrogen) atoms. The summed E-state index contributed by atoms with van der Waals surface area (Å²) >= 11 is 11.3. The quantitative estimate of drug-likeness (QED) is 0.699. The number of aliphatic hydroxyl groups excluding tert-OH is 1. The maximum Gasteiger partial charge on any atom is 0.334 e. The van der Waals surface area contributed by atoms with Gasteiger partial charge in [0.1, 0.15) is 5.15 Å². The lowest BCUT2D eigenvalue weighted by Gasteiger charge is -2.08. The lowest BCUT2D eigenvalue weighted by molar-refractivity contribution is -0.146. The molecule has 1 unspecified atom stereocenters. The molecule has 1 aromatic heterocycles. The van der Waals surface area contributed by atoms with Crippen molar-refractivity contribution in [2.24, 2.45) is 0 Å². The van der Waals surface area contributed by atoms with E-state index in [0.29, 0.717) is 0 Å². The number of carbonyl (C=O) groups excluding carboxylic acids is 1. The molecule has 0 radical (unpaired) electrons. The van der Waals surface area contributed by atoms with Gasteiger partial charge < -0.3 is 15.5 Å². The fourth-order valence-electron chi connectivity index (χ4n) is 0.959. The maximum absolute atomic E-state index is 11.6. The van der Waals surface area contributed by atoms with Gasteiger partial charge in [0.05, 0.1) is 17.1 Å². The van der Waals surface area contributed by atoms with Gasteiger partial charge >= 0.3 is 5.97 Å². The second kappa shape index (κ2) is 5.81. The Morgan fingerprint density at radius 1 is 1.47 bits per heavy atom. The Balaban J connectivity index is 2.70. The Labute approximate surface area is 106 Å². The SMILES string of the molecule is O=C(NCC(O)C(=O)O)c1cc(Cl)ncc1Cl. The van der Waals surface area contributed by atoms with E-state index in [1.54, 1.807) is 0 Å². The van der Waals surface area contributed by atoms with Gasteiger partial charge in [-0.3, -0.25) is 4.79 Å². The molecule has 1 rings (SSSR count). The number of hydrogen-bond donors (Lipinski definition) is 3. The van der Waals surface area contributed by atoms with Gasteiger partial charge in [0, 0.05) is 6.20 Å². The molecular weight excluding hydrogens is 271 g/mol. The number of aromatic nitrogens is 1. The maximum atomic E-state index is 11.6. The van der Waals surface area contributed by atoms with Crippen molar-refractivity contribution in [2.75, 3.05) is 6.54 Å². The van der Waals surface area contributed by atoms with Crippen LogP contribution in [0.1, 0.15) is 10.4 Å². The summed E-state index contributed by atoms with van der Waals surface area (Å²) < 4.78 is 0. The predicted octanol–water partition coefficient (Wildman–Crippen LogP) is 0.564. The third-order valence-electron chi connectivity index (χ3n) is 1.81. The molecule has 0 saturated carbocycles. The monoisotopic (exact) mass is 278 g/mol. The number of halogens is 2. The van der Waals surface area contributed by atoms with Crippen molar-refractivity contribution in [3.63, 3.8) is 0 Å². The van der Waals surface area contributed by atoms with Crippen LogP contribution in [0.5, 0.6) is 0 Å². The van der Waals surface area contributed by atoms with Gasteiger partial charge in [0.25, 0.3) is 5.91 Å². The minimum atomic E-state index is -1.67. The minimum absolute atomic E-state index is 0.0595. The van der Waals surface area contributed by atoms with Crippen molar-refractivity contribution >= 4 is 35.1 Å². The highest BCUT2D eigenvalue weighted by molar-refractivity contribution is 6.35. The molecule has 1 amide bonds. The van der Waals surface area contributed by atoms with Gasteiger partial charge in [-0.1, -0.05) is 23.2 Å². The van der Waals surface area contributed by atoms with E-state index in [1.807, 2.05) is 0 Å². The normalized spacial score (nSPS) is 11.9. The molecule has 0 aromatic carbocycles. The van der Waals surface area contributed by atoms with Crippen molar-refractivity contribution in [1.29, 1.82) is 0 Å². The van der Waals surface area contributed by atoms with E-state index in [1.165, 1.54) is 12.3 Å². The van der Waals surface area contributed by atoms with Gasteiger partial charge in [0.2, 0.25) is 0 Å². The van der Waals surface area contributed by atoms with Crippen molar-refractivity contribution in [3.8, 4) is 0 Å². The van der Waals surface area contributed by atoms with E-state index in [-0.39, 0.29) is 15.7 Å². The van der Waals surface area contributed by atoms with Gasteiger partial charge in [-0.05, 0) is 6.07 Å². The van der Waals surface area contributed by atoms with Crippen LogP contribution in [0, 0.1) is 0 Å². The number of nitrogens with zero attached hydrogens (tertiary/aromatic N) is 1. The zero-order valence-electron chi connectivity index (χ0n) is 8.35. The molecule has 8 heteroatoms. The van der Waals surface area contributed by atoms with Crippen molar-refractivity contribution in [1.82, 2.24) is 10.3 Å². The molecule has 0 bridgehead atoms. The Morgan fingerprint density at radius 2 is 2.12 bits per heavy atom. The summed E-state index contributed by atoms with van der Waals surface area (Å²) in [4.78, 5) is 25.5. The second-order valence-corrected chi connectivity index (χ2v) is 3.85. The molecule has 0 aliphatic heterocycles. The highest BCUT2D eigenvalue weighted by atomic mass is 35.5. The lowest BCUT2D eigenvalue weighted by atomic mass is 10.2. The number of carboxylic acids is 1.